The lowest BCUT2D eigenvalue weighted by molar-refractivity contribution is 0.0734. The van der Waals surface area contributed by atoms with Gasteiger partial charge in [-0.15, -0.1) is 0 Å². The Balaban J connectivity index is 1.50. The molecule has 4 heteroatoms. The molecule has 3 aromatic rings. The highest BCUT2D eigenvalue weighted by atomic mass is 16.2. The van der Waals surface area contributed by atoms with Crippen LogP contribution in [0.3, 0.4) is 0 Å². The predicted molar refractivity (Wildman–Crippen MR) is 106 cm³/mol. The number of para-hydroxylation sites is 1. The fourth-order valence-corrected chi connectivity index (χ4v) is 3.37. The third-order valence-corrected chi connectivity index (χ3v) is 4.82. The molecule has 0 aromatic heterocycles. The lowest BCUT2D eigenvalue weighted by atomic mass is 9.99. The molecule has 134 valence electrons. The van der Waals surface area contributed by atoms with Crippen molar-refractivity contribution in [2.75, 3.05) is 11.9 Å². The molecule has 1 N–H and O–H groups in total. The second kappa shape index (κ2) is 7.46. The molecule has 0 saturated heterocycles. The van der Waals surface area contributed by atoms with Crippen LogP contribution in [-0.4, -0.2) is 23.3 Å². The standard InChI is InChI=1S/C23H20N2O2/c26-22(24-21-11-2-1-3-12-21)18-9-6-10-19(15-18)23(27)25-14-13-17-7-4-5-8-20(17)16-25/h1-12,15H,13-14,16H2,(H,24,26). The quantitative estimate of drug-likeness (QED) is 0.767. The molecule has 0 aliphatic carbocycles. The van der Waals surface area contributed by atoms with Crippen LogP contribution in [0.15, 0.2) is 78.9 Å². The van der Waals surface area contributed by atoms with Crippen LogP contribution in [0.5, 0.6) is 0 Å². The molecule has 1 heterocycles. The number of nitrogens with one attached hydrogen (secondary N) is 1. The number of amides is 2. The minimum Gasteiger partial charge on any atom is -0.334 e. The molecule has 1 aliphatic rings. The van der Waals surface area contributed by atoms with Gasteiger partial charge in [-0.25, -0.2) is 0 Å². The average Bonchev–Trinajstić information content (AvgIpc) is 2.73. The first-order valence-electron chi connectivity index (χ1n) is 9.03. The fourth-order valence-electron chi connectivity index (χ4n) is 3.37. The number of hydrogen-bond donors (Lipinski definition) is 1. The molecular formula is C23H20N2O2. The first-order chi connectivity index (χ1) is 13.2. The van der Waals surface area contributed by atoms with E-state index in [-0.39, 0.29) is 11.8 Å². The van der Waals surface area contributed by atoms with E-state index in [1.54, 1.807) is 24.3 Å². The van der Waals surface area contributed by atoms with Crippen LogP contribution >= 0.6 is 0 Å². The van der Waals surface area contributed by atoms with Crippen molar-refractivity contribution in [2.45, 2.75) is 13.0 Å². The van der Waals surface area contributed by atoms with Crippen molar-refractivity contribution in [3.63, 3.8) is 0 Å². The molecule has 0 saturated carbocycles. The molecule has 0 fully saturated rings. The summed E-state index contributed by atoms with van der Waals surface area (Å²) in [6.45, 7) is 1.30. The van der Waals surface area contributed by atoms with E-state index in [9.17, 15) is 9.59 Å². The first kappa shape index (κ1) is 17.0. The van der Waals surface area contributed by atoms with Gasteiger partial charge in [0.2, 0.25) is 0 Å². The summed E-state index contributed by atoms with van der Waals surface area (Å²) < 4.78 is 0. The van der Waals surface area contributed by atoms with E-state index in [1.165, 1.54) is 11.1 Å². The average molecular weight is 356 g/mol. The van der Waals surface area contributed by atoms with Gasteiger partial charge < -0.3 is 10.2 Å². The molecule has 4 nitrogen and oxygen atoms in total. The normalized spacial score (nSPS) is 13.0. The van der Waals surface area contributed by atoms with Gasteiger partial charge in [0, 0.05) is 29.9 Å². The molecule has 0 radical (unpaired) electrons. The molecule has 3 aromatic carbocycles. The van der Waals surface area contributed by atoms with Crippen LogP contribution < -0.4 is 5.32 Å². The van der Waals surface area contributed by atoms with E-state index >= 15 is 0 Å². The number of hydrogen-bond acceptors (Lipinski definition) is 2. The maximum Gasteiger partial charge on any atom is 0.255 e. The number of benzene rings is 3. The van der Waals surface area contributed by atoms with Crippen LogP contribution in [0.2, 0.25) is 0 Å². The van der Waals surface area contributed by atoms with E-state index in [0.717, 1.165) is 12.1 Å². The number of fused-ring (bicyclic) bond motifs is 1. The van der Waals surface area contributed by atoms with Gasteiger partial charge >= 0.3 is 0 Å². The molecule has 0 atom stereocenters. The van der Waals surface area contributed by atoms with Crippen LogP contribution in [0.1, 0.15) is 31.8 Å². The lowest BCUT2D eigenvalue weighted by Crippen LogP contribution is -2.36. The van der Waals surface area contributed by atoms with Crippen LogP contribution in [-0.2, 0) is 13.0 Å². The summed E-state index contributed by atoms with van der Waals surface area (Å²) in [5, 5.41) is 2.85. The Morgan fingerprint density at radius 1 is 0.778 bits per heavy atom. The Morgan fingerprint density at radius 3 is 2.30 bits per heavy atom. The van der Waals surface area contributed by atoms with Crippen molar-refractivity contribution in [3.05, 3.63) is 101 Å². The van der Waals surface area contributed by atoms with E-state index in [2.05, 4.69) is 17.4 Å². The van der Waals surface area contributed by atoms with Crippen molar-refractivity contribution in [2.24, 2.45) is 0 Å². The first-order valence-corrected chi connectivity index (χ1v) is 9.03. The Labute approximate surface area is 158 Å². The van der Waals surface area contributed by atoms with Gasteiger partial charge in [0.1, 0.15) is 0 Å². The van der Waals surface area contributed by atoms with Crippen molar-refractivity contribution >= 4 is 17.5 Å². The third-order valence-electron chi connectivity index (χ3n) is 4.82. The molecule has 2 amide bonds. The summed E-state index contributed by atoms with van der Waals surface area (Å²) in [6, 6.07) is 24.4. The summed E-state index contributed by atoms with van der Waals surface area (Å²) in [6.07, 6.45) is 0.857. The summed E-state index contributed by atoms with van der Waals surface area (Å²) in [4.78, 5) is 27.3. The molecular weight excluding hydrogens is 336 g/mol. The Morgan fingerprint density at radius 2 is 1.48 bits per heavy atom. The number of carbonyl (C=O) groups is 2. The molecule has 0 bridgehead atoms. The Bertz CT molecular complexity index is 982. The van der Waals surface area contributed by atoms with E-state index in [4.69, 9.17) is 0 Å². The highest BCUT2D eigenvalue weighted by molar-refractivity contribution is 6.06. The number of carbonyl (C=O) groups excluding carboxylic acids is 2. The van der Waals surface area contributed by atoms with Gasteiger partial charge in [0.05, 0.1) is 0 Å². The van der Waals surface area contributed by atoms with Crippen molar-refractivity contribution in [1.82, 2.24) is 4.90 Å². The lowest BCUT2D eigenvalue weighted by Gasteiger charge is -2.29. The Hall–Kier alpha value is -3.40. The van der Waals surface area contributed by atoms with Gasteiger partial charge in [-0.2, -0.15) is 0 Å². The maximum absolute atomic E-state index is 12.9. The predicted octanol–water partition coefficient (Wildman–Crippen LogP) is 4.14. The molecule has 0 spiro atoms. The minimum absolute atomic E-state index is 0.0427. The van der Waals surface area contributed by atoms with Crippen LogP contribution in [0.4, 0.5) is 5.69 Å². The second-order valence-corrected chi connectivity index (χ2v) is 6.65. The number of nitrogens with zero attached hydrogens (tertiary/aromatic N) is 1. The van der Waals surface area contributed by atoms with Gasteiger partial charge in [-0.3, -0.25) is 9.59 Å². The summed E-state index contributed by atoms with van der Waals surface area (Å²) in [7, 11) is 0. The third kappa shape index (κ3) is 3.75. The zero-order valence-electron chi connectivity index (χ0n) is 14.9. The number of rotatable bonds is 3. The molecule has 1 aliphatic heterocycles. The smallest absolute Gasteiger partial charge is 0.255 e. The van der Waals surface area contributed by atoms with Gasteiger partial charge in [0.15, 0.2) is 0 Å². The fraction of sp³-hybridized carbons (Fsp3) is 0.130. The minimum atomic E-state index is -0.222. The van der Waals surface area contributed by atoms with E-state index in [0.29, 0.717) is 24.2 Å². The maximum atomic E-state index is 12.9. The highest BCUT2D eigenvalue weighted by Crippen LogP contribution is 2.21. The molecule has 4 rings (SSSR count). The van der Waals surface area contributed by atoms with Gasteiger partial charge in [-0.05, 0) is 47.9 Å². The summed E-state index contributed by atoms with van der Waals surface area (Å²) in [5.41, 5.74) is 4.23. The van der Waals surface area contributed by atoms with E-state index < -0.39 is 0 Å². The van der Waals surface area contributed by atoms with Gasteiger partial charge in [-0.1, -0.05) is 48.5 Å². The SMILES string of the molecule is O=C(Nc1ccccc1)c1cccc(C(=O)N2CCc3ccccc3C2)c1. The Kier molecular flexibility index (Phi) is 4.71. The van der Waals surface area contributed by atoms with Gasteiger partial charge in [0.25, 0.3) is 11.8 Å². The molecule has 0 unspecified atom stereocenters. The number of anilines is 1. The zero-order valence-corrected chi connectivity index (χ0v) is 14.9. The van der Waals surface area contributed by atoms with E-state index in [1.807, 2.05) is 47.4 Å². The van der Waals surface area contributed by atoms with Crippen molar-refractivity contribution in [1.29, 1.82) is 0 Å². The van der Waals surface area contributed by atoms with Crippen molar-refractivity contribution in [3.8, 4) is 0 Å². The largest absolute Gasteiger partial charge is 0.334 e. The van der Waals surface area contributed by atoms with Crippen LogP contribution in [0, 0.1) is 0 Å². The summed E-state index contributed by atoms with van der Waals surface area (Å²) in [5.74, 6) is -0.265. The molecule has 27 heavy (non-hydrogen) atoms. The topological polar surface area (TPSA) is 49.4 Å². The summed E-state index contributed by atoms with van der Waals surface area (Å²) >= 11 is 0. The zero-order chi connectivity index (χ0) is 18.6. The van der Waals surface area contributed by atoms with Crippen LogP contribution in [0.25, 0.3) is 0 Å². The second-order valence-electron chi connectivity index (χ2n) is 6.65. The monoisotopic (exact) mass is 356 g/mol. The highest BCUT2D eigenvalue weighted by Gasteiger charge is 2.22. The van der Waals surface area contributed by atoms with Crippen molar-refractivity contribution < 1.29 is 9.59 Å².